The molecule has 0 aliphatic heterocycles. The molecular formula is C44H48N4OPt. The molecule has 0 saturated carbocycles. The second-order valence-corrected chi connectivity index (χ2v) is 15.2. The van der Waals surface area contributed by atoms with E-state index in [2.05, 4.69) is 144 Å². The van der Waals surface area contributed by atoms with E-state index in [9.17, 15) is 0 Å². The second kappa shape index (κ2) is 14.0. The van der Waals surface area contributed by atoms with Gasteiger partial charge in [0.15, 0.2) is 0 Å². The van der Waals surface area contributed by atoms with Crippen LogP contribution in [0.1, 0.15) is 108 Å². The number of rotatable bonds is 7. The smallest absolute Gasteiger partial charge is 0.509 e. The van der Waals surface area contributed by atoms with Crippen LogP contribution < -0.4 is 4.74 Å². The molecular weight excluding hydrogens is 796 g/mol. The molecule has 1 unspecified atom stereocenters. The molecule has 3 aromatic carbocycles. The van der Waals surface area contributed by atoms with Gasteiger partial charge in [-0.15, -0.1) is 41.3 Å². The van der Waals surface area contributed by atoms with E-state index < -0.39 is 0 Å². The van der Waals surface area contributed by atoms with Gasteiger partial charge in [-0.1, -0.05) is 83.8 Å². The van der Waals surface area contributed by atoms with Crippen LogP contribution >= 0.6 is 0 Å². The Balaban J connectivity index is 0.00000432. The Kier molecular flexibility index (Phi) is 10.0. The van der Waals surface area contributed by atoms with Crippen molar-refractivity contribution in [3.05, 3.63) is 119 Å². The molecule has 1 aliphatic carbocycles. The molecule has 0 bridgehead atoms. The van der Waals surface area contributed by atoms with Gasteiger partial charge in [0.2, 0.25) is 0 Å². The van der Waals surface area contributed by atoms with Crippen molar-refractivity contribution in [1.29, 1.82) is 0 Å². The predicted molar refractivity (Wildman–Crippen MR) is 202 cm³/mol. The molecule has 6 aromatic rings. The molecule has 3 aromatic heterocycles. The average molecular weight is 844 g/mol. The molecule has 50 heavy (non-hydrogen) atoms. The van der Waals surface area contributed by atoms with E-state index in [0.29, 0.717) is 23.3 Å². The maximum Gasteiger partial charge on any atom is 2.00 e. The molecule has 6 heteroatoms. The van der Waals surface area contributed by atoms with Crippen molar-refractivity contribution in [3.8, 4) is 23.0 Å². The normalized spacial score (nSPS) is 16.6. The van der Waals surface area contributed by atoms with Crippen molar-refractivity contribution in [2.45, 2.75) is 98.8 Å². The predicted octanol–water partition coefficient (Wildman–Crippen LogP) is 11.5. The van der Waals surface area contributed by atoms with Crippen molar-refractivity contribution >= 4 is 21.8 Å². The van der Waals surface area contributed by atoms with Gasteiger partial charge >= 0.3 is 21.1 Å². The van der Waals surface area contributed by atoms with Crippen LogP contribution in [-0.2, 0) is 32.9 Å². The van der Waals surface area contributed by atoms with Gasteiger partial charge in [-0.25, -0.2) is 4.98 Å². The van der Waals surface area contributed by atoms with Gasteiger partial charge in [0, 0.05) is 40.4 Å². The van der Waals surface area contributed by atoms with E-state index in [0.717, 1.165) is 51.8 Å². The number of fused-ring (bicyclic) bond motifs is 3. The zero-order chi connectivity index (χ0) is 34.6. The van der Waals surface area contributed by atoms with Gasteiger partial charge in [-0.05, 0) is 85.2 Å². The molecule has 7 rings (SSSR count). The number of aryl methyl sites for hydroxylation is 2. The van der Waals surface area contributed by atoms with E-state index >= 15 is 0 Å². The summed E-state index contributed by atoms with van der Waals surface area (Å²) in [5.74, 6) is 3.40. The third-order valence-electron chi connectivity index (χ3n) is 10.3. The number of pyridine rings is 1. The molecule has 0 amide bonds. The monoisotopic (exact) mass is 843 g/mol. The Hall–Kier alpha value is -3.95. The summed E-state index contributed by atoms with van der Waals surface area (Å²) < 4.78 is 11.0. The molecule has 5 nitrogen and oxygen atoms in total. The minimum absolute atomic E-state index is 0. The van der Waals surface area contributed by atoms with Crippen molar-refractivity contribution < 1.29 is 25.8 Å². The van der Waals surface area contributed by atoms with Gasteiger partial charge in [-0.3, -0.25) is 4.68 Å². The number of aromatic nitrogens is 4. The first-order chi connectivity index (χ1) is 23.4. The maximum absolute atomic E-state index is 6.71. The fraction of sp³-hybridized carbons (Fsp3) is 0.364. The number of allylic oxidation sites excluding steroid dienone is 2. The first-order valence-electron chi connectivity index (χ1n) is 17.9. The van der Waals surface area contributed by atoms with Gasteiger partial charge in [0.05, 0.1) is 5.69 Å². The first-order valence-corrected chi connectivity index (χ1v) is 17.9. The molecule has 0 spiro atoms. The van der Waals surface area contributed by atoms with Crippen LogP contribution in [0.25, 0.3) is 33.3 Å². The van der Waals surface area contributed by atoms with Crippen LogP contribution in [0.4, 0.5) is 0 Å². The average Bonchev–Trinajstić information content (AvgIpc) is 3.59. The molecule has 0 N–H and O–H groups in total. The fourth-order valence-electron chi connectivity index (χ4n) is 7.73. The Morgan fingerprint density at radius 3 is 2.46 bits per heavy atom. The summed E-state index contributed by atoms with van der Waals surface area (Å²) in [5, 5.41) is 7.50. The van der Waals surface area contributed by atoms with E-state index in [1.807, 2.05) is 12.3 Å². The van der Waals surface area contributed by atoms with Gasteiger partial charge in [0.1, 0.15) is 5.82 Å². The number of hydrogen-bond donors (Lipinski definition) is 0. The minimum atomic E-state index is -0.113. The second-order valence-electron chi connectivity index (χ2n) is 15.2. The number of nitrogens with zero attached hydrogens (tertiary/aromatic N) is 4. The summed E-state index contributed by atoms with van der Waals surface area (Å²) in [6.07, 6.45) is 7.62. The summed E-state index contributed by atoms with van der Waals surface area (Å²) in [4.78, 5) is 4.78. The van der Waals surface area contributed by atoms with Crippen LogP contribution in [0, 0.1) is 25.0 Å². The molecule has 3 heterocycles. The molecule has 0 saturated heterocycles. The fourth-order valence-corrected chi connectivity index (χ4v) is 7.73. The Bertz CT molecular complexity index is 2210. The third kappa shape index (κ3) is 6.50. The summed E-state index contributed by atoms with van der Waals surface area (Å²) in [6.45, 7) is 20.3. The van der Waals surface area contributed by atoms with Crippen LogP contribution in [0.15, 0.2) is 78.5 Å². The largest absolute Gasteiger partial charge is 2.00 e. The van der Waals surface area contributed by atoms with Crippen molar-refractivity contribution in [2.75, 3.05) is 0 Å². The zero-order valence-electron chi connectivity index (χ0n) is 30.8. The molecule has 0 fully saturated rings. The Morgan fingerprint density at radius 2 is 1.74 bits per heavy atom. The van der Waals surface area contributed by atoms with E-state index in [4.69, 9.17) is 14.8 Å². The van der Waals surface area contributed by atoms with Crippen LogP contribution in [0.2, 0.25) is 0 Å². The summed E-state index contributed by atoms with van der Waals surface area (Å²) in [6, 6.07) is 28.5. The van der Waals surface area contributed by atoms with Gasteiger partial charge in [0.25, 0.3) is 0 Å². The van der Waals surface area contributed by atoms with E-state index in [1.54, 1.807) is 0 Å². The Morgan fingerprint density at radius 1 is 0.960 bits per heavy atom. The SMILES string of the molecule is CCc1ccnc(-n2c3[c-]c(Oc4[c-]c(-n5nc(C)c(C6C(C)=CCC[C@@H]6C)c5C(C)C)cc(C(C)(C)C)c4)ccc3c3ccccc32)c1.[Pt+2]. The van der Waals surface area contributed by atoms with E-state index in [1.165, 1.54) is 34.4 Å². The van der Waals surface area contributed by atoms with Gasteiger partial charge in [-0.2, -0.15) is 11.2 Å². The quantitative estimate of drug-likeness (QED) is 0.119. The van der Waals surface area contributed by atoms with Gasteiger partial charge < -0.3 is 9.30 Å². The van der Waals surface area contributed by atoms with Crippen LogP contribution in [0.3, 0.4) is 0 Å². The minimum Gasteiger partial charge on any atom is -0.509 e. The molecule has 260 valence electrons. The molecule has 2 atom stereocenters. The number of para-hydroxylation sites is 1. The summed E-state index contributed by atoms with van der Waals surface area (Å²) in [7, 11) is 0. The van der Waals surface area contributed by atoms with Crippen molar-refractivity contribution in [1.82, 2.24) is 19.3 Å². The van der Waals surface area contributed by atoms with Crippen LogP contribution in [-0.4, -0.2) is 19.3 Å². The summed E-state index contributed by atoms with van der Waals surface area (Å²) in [5.41, 5.74) is 10.4. The molecule has 0 radical (unpaired) electrons. The number of ether oxygens (including phenoxy) is 1. The van der Waals surface area contributed by atoms with Crippen LogP contribution in [0.5, 0.6) is 11.5 Å². The zero-order valence-corrected chi connectivity index (χ0v) is 33.1. The summed E-state index contributed by atoms with van der Waals surface area (Å²) >= 11 is 0. The Labute approximate surface area is 312 Å². The number of benzene rings is 3. The van der Waals surface area contributed by atoms with Crippen molar-refractivity contribution in [2.24, 2.45) is 5.92 Å². The standard InChI is InChI=1S/C44H48N4O.Pt/c1-10-31-20-21-45-40(22-31)47-38-17-12-11-16-36(38)37-19-18-34(26-39(37)47)49-35-24-32(44(7,8)9)23-33(25-35)48-43(27(2)3)42(30(6)46-48)41-28(4)14-13-15-29(41)5;/h11-12,14,16-24,27,29,41H,10,13,15H2,1-9H3;/q-2;+2/t29-,41?;/m0./s1. The topological polar surface area (TPSA) is 44.9 Å². The maximum atomic E-state index is 6.71. The number of hydrogen-bond acceptors (Lipinski definition) is 3. The van der Waals surface area contributed by atoms with E-state index in [-0.39, 0.29) is 32.4 Å². The molecule has 1 aliphatic rings. The van der Waals surface area contributed by atoms with Crippen molar-refractivity contribution in [3.63, 3.8) is 0 Å². The third-order valence-corrected chi connectivity index (χ3v) is 10.3. The first kappa shape index (κ1) is 35.9.